The molecular formula is C19H26N2O3S. The highest BCUT2D eigenvalue weighted by Crippen LogP contribution is 2.49. The van der Waals surface area contributed by atoms with Gasteiger partial charge in [-0.25, -0.2) is 0 Å². The molecule has 1 amide bonds. The molecule has 1 aromatic heterocycles. The molecule has 6 heteroatoms. The van der Waals surface area contributed by atoms with E-state index < -0.39 is 11.4 Å². The number of amides is 1. The summed E-state index contributed by atoms with van der Waals surface area (Å²) in [6.07, 6.45) is 4.41. The Bertz CT molecular complexity index is 645. The van der Waals surface area contributed by atoms with E-state index in [-0.39, 0.29) is 17.9 Å². The zero-order valence-corrected chi connectivity index (χ0v) is 15.5. The van der Waals surface area contributed by atoms with Crippen LogP contribution < -0.4 is 0 Å². The lowest BCUT2D eigenvalue weighted by atomic mass is 9.81. The highest BCUT2D eigenvalue weighted by Gasteiger charge is 2.56. The number of aliphatic carboxylic acids is 1. The van der Waals surface area contributed by atoms with E-state index in [9.17, 15) is 14.7 Å². The summed E-state index contributed by atoms with van der Waals surface area (Å²) in [6, 6.07) is 3.71. The van der Waals surface area contributed by atoms with Crippen LogP contribution in [-0.4, -0.2) is 52.5 Å². The average molecular weight is 362 g/mol. The smallest absolute Gasteiger partial charge is 0.311 e. The summed E-state index contributed by atoms with van der Waals surface area (Å²) in [7, 11) is 0. The second-order valence-corrected chi connectivity index (χ2v) is 8.27. The van der Waals surface area contributed by atoms with Crippen LogP contribution in [0.1, 0.15) is 31.1 Å². The Balaban J connectivity index is 1.71. The number of carbonyl (C=O) groups is 2. The van der Waals surface area contributed by atoms with Crippen molar-refractivity contribution in [2.45, 2.75) is 38.8 Å². The second kappa shape index (κ2) is 7.30. The molecule has 2 fully saturated rings. The zero-order chi connectivity index (χ0) is 18.0. The Morgan fingerprint density at radius 1 is 1.60 bits per heavy atom. The van der Waals surface area contributed by atoms with Gasteiger partial charge in [0.15, 0.2) is 0 Å². The van der Waals surface area contributed by atoms with Gasteiger partial charge < -0.3 is 10.0 Å². The van der Waals surface area contributed by atoms with Gasteiger partial charge in [-0.3, -0.25) is 14.5 Å². The van der Waals surface area contributed by atoms with E-state index in [1.807, 2.05) is 29.3 Å². The van der Waals surface area contributed by atoms with E-state index >= 15 is 0 Å². The molecule has 2 heterocycles. The van der Waals surface area contributed by atoms with Crippen LogP contribution in [0.3, 0.4) is 0 Å². The van der Waals surface area contributed by atoms with Crippen molar-refractivity contribution < 1.29 is 14.7 Å². The maximum absolute atomic E-state index is 13.0. The third kappa shape index (κ3) is 3.37. The van der Waals surface area contributed by atoms with Crippen molar-refractivity contribution in [2.75, 3.05) is 19.6 Å². The highest BCUT2D eigenvalue weighted by atomic mass is 32.1. The van der Waals surface area contributed by atoms with E-state index in [2.05, 4.69) is 11.5 Å². The molecule has 136 valence electrons. The normalized spacial score (nSPS) is 27.0. The maximum atomic E-state index is 13.0. The predicted octanol–water partition coefficient (Wildman–Crippen LogP) is 2.84. The SMILES string of the molecule is C=CCN(Cc1cccs1)C(=O)C(C)N1C[C@@H]2CCC[C@@]2(C(=O)O)C1. The van der Waals surface area contributed by atoms with Crippen LogP contribution in [0.25, 0.3) is 0 Å². The molecule has 1 saturated heterocycles. The summed E-state index contributed by atoms with van der Waals surface area (Å²) in [5, 5.41) is 11.8. The fraction of sp³-hybridized carbons (Fsp3) is 0.579. The van der Waals surface area contributed by atoms with E-state index in [0.717, 1.165) is 24.1 Å². The van der Waals surface area contributed by atoms with Crippen LogP contribution >= 0.6 is 11.3 Å². The van der Waals surface area contributed by atoms with Crippen molar-refractivity contribution in [1.82, 2.24) is 9.80 Å². The zero-order valence-electron chi connectivity index (χ0n) is 14.7. The van der Waals surface area contributed by atoms with Gasteiger partial charge in [-0.2, -0.15) is 0 Å². The summed E-state index contributed by atoms with van der Waals surface area (Å²) in [5.74, 6) is -0.474. The quantitative estimate of drug-likeness (QED) is 0.758. The first kappa shape index (κ1) is 18.1. The summed E-state index contributed by atoms with van der Waals surface area (Å²) in [4.78, 5) is 29.9. The first-order valence-electron chi connectivity index (χ1n) is 8.87. The fourth-order valence-electron chi connectivity index (χ4n) is 4.37. The molecule has 1 aliphatic carbocycles. The van der Waals surface area contributed by atoms with Crippen molar-refractivity contribution >= 4 is 23.2 Å². The minimum Gasteiger partial charge on any atom is -0.481 e. The average Bonchev–Trinajstić information content (AvgIpc) is 3.28. The molecule has 1 aliphatic heterocycles. The van der Waals surface area contributed by atoms with Gasteiger partial charge in [-0.05, 0) is 37.1 Å². The summed E-state index contributed by atoms with van der Waals surface area (Å²) in [6.45, 7) is 7.95. The predicted molar refractivity (Wildman–Crippen MR) is 98.4 cm³/mol. The molecule has 3 rings (SSSR count). The van der Waals surface area contributed by atoms with Gasteiger partial charge in [0, 0.05) is 24.5 Å². The van der Waals surface area contributed by atoms with Gasteiger partial charge in [-0.15, -0.1) is 17.9 Å². The van der Waals surface area contributed by atoms with E-state index in [1.165, 1.54) is 0 Å². The van der Waals surface area contributed by atoms with Crippen molar-refractivity contribution in [1.29, 1.82) is 0 Å². The summed E-state index contributed by atoms with van der Waals surface area (Å²) >= 11 is 1.64. The number of hydrogen-bond donors (Lipinski definition) is 1. The molecule has 2 aliphatic rings. The topological polar surface area (TPSA) is 60.9 Å². The van der Waals surface area contributed by atoms with Crippen molar-refractivity contribution in [3.8, 4) is 0 Å². The first-order chi connectivity index (χ1) is 12.0. The lowest BCUT2D eigenvalue weighted by molar-refractivity contribution is -0.150. The third-order valence-electron chi connectivity index (χ3n) is 5.82. The summed E-state index contributed by atoms with van der Waals surface area (Å²) in [5.41, 5.74) is -0.647. The number of carboxylic acid groups (broad SMARTS) is 1. The van der Waals surface area contributed by atoms with E-state index in [4.69, 9.17) is 0 Å². The van der Waals surface area contributed by atoms with Crippen LogP contribution in [-0.2, 0) is 16.1 Å². The lowest BCUT2D eigenvalue weighted by Gasteiger charge is -2.31. The second-order valence-electron chi connectivity index (χ2n) is 7.24. The van der Waals surface area contributed by atoms with Crippen LogP contribution in [0.15, 0.2) is 30.2 Å². The van der Waals surface area contributed by atoms with Gasteiger partial charge in [0.1, 0.15) is 0 Å². The molecule has 5 nitrogen and oxygen atoms in total. The Hall–Kier alpha value is -1.66. The van der Waals surface area contributed by atoms with E-state index in [0.29, 0.717) is 26.2 Å². The number of nitrogens with zero attached hydrogens (tertiary/aromatic N) is 2. The molecular weight excluding hydrogens is 336 g/mol. The van der Waals surface area contributed by atoms with Gasteiger partial charge in [0.2, 0.25) is 5.91 Å². The van der Waals surface area contributed by atoms with Crippen LogP contribution in [0.2, 0.25) is 0 Å². The number of thiophene rings is 1. The van der Waals surface area contributed by atoms with Crippen molar-refractivity contribution in [2.24, 2.45) is 11.3 Å². The number of fused-ring (bicyclic) bond motifs is 1. The highest BCUT2D eigenvalue weighted by molar-refractivity contribution is 7.09. The molecule has 1 N–H and O–H groups in total. The van der Waals surface area contributed by atoms with Crippen LogP contribution in [0, 0.1) is 11.3 Å². The van der Waals surface area contributed by atoms with Crippen LogP contribution in [0.4, 0.5) is 0 Å². The Morgan fingerprint density at radius 3 is 3.00 bits per heavy atom. The number of carboxylic acids is 1. The first-order valence-corrected chi connectivity index (χ1v) is 9.75. The molecule has 1 unspecified atom stereocenters. The molecule has 25 heavy (non-hydrogen) atoms. The molecule has 0 aromatic carbocycles. The third-order valence-corrected chi connectivity index (χ3v) is 6.68. The Kier molecular flexibility index (Phi) is 5.29. The molecule has 0 radical (unpaired) electrons. The minimum atomic E-state index is -0.696. The van der Waals surface area contributed by atoms with E-state index in [1.54, 1.807) is 17.4 Å². The van der Waals surface area contributed by atoms with Crippen molar-refractivity contribution in [3.05, 3.63) is 35.0 Å². The lowest BCUT2D eigenvalue weighted by Crippen LogP contribution is -2.47. The molecule has 1 saturated carbocycles. The number of likely N-dealkylation sites (tertiary alicyclic amines) is 1. The summed E-state index contributed by atoms with van der Waals surface area (Å²) < 4.78 is 0. The monoisotopic (exact) mass is 362 g/mol. The number of carbonyl (C=O) groups excluding carboxylic acids is 1. The van der Waals surface area contributed by atoms with Gasteiger partial charge in [-0.1, -0.05) is 18.6 Å². The van der Waals surface area contributed by atoms with Gasteiger partial charge in [0.05, 0.1) is 18.0 Å². The van der Waals surface area contributed by atoms with Crippen LogP contribution in [0.5, 0.6) is 0 Å². The standard InChI is InChI=1S/C19H26N2O3S/c1-3-9-20(12-16-7-5-10-25-16)17(22)14(2)21-11-15-6-4-8-19(15,13-21)18(23)24/h3,5,7,10,14-15H,1,4,6,8-9,11-13H2,2H3,(H,23,24)/t14?,15-,19+/m0/s1. The largest absolute Gasteiger partial charge is 0.481 e. The minimum absolute atomic E-state index is 0.0498. The van der Waals surface area contributed by atoms with Gasteiger partial charge >= 0.3 is 5.97 Å². The fourth-order valence-corrected chi connectivity index (χ4v) is 5.09. The number of rotatable bonds is 7. The molecule has 0 bridgehead atoms. The maximum Gasteiger partial charge on any atom is 0.311 e. The van der Waals surface area contributed by atoms with Gasteiger partial charge in [0.25, 0.3) is 0 Å². The van der Waals surface area contributed by atoms with Crippen molar-refractivity contribution in [3.63, 3.8) is 0 Å². The Labute approximate surface area is 152 Å². The molecule has 0 spiro atoms. The molecule has 1 aromatic rings. The molecule has 3 atom stereocenters. The number of hydrogen-bond acceptors (Lipinski definition) is 4. The Morgan fingerprint density at radius 2 is 2.40 bits per heavy atom.